The maximum absolute atomic E-state index is 11.8. The Morgan fingerprint density at radius 3 is 2.47 bits per heavy atom. The average Bonchev–Trinajstić information content (AvgIpc) is 2.36. The van der Waals surface area contributed by atoms with Gasteiger partial charge in [-0.15, -0.1) is 0 Å². The van der Waals surface area contributed by atoms with Crippen LogP contribution in [0.4, 0.5) is 0 Å². The van der Waals surface area contributed by atoms with Gasteiger partial charge in [-0.1, -0.05) is 56.4 Å². The highest BCUT2D eigenvalue weighted by Crippen LogP contribution is 2.06. The third-order valence-electron chi connectivity index (χ3n) is 3.00. The van der Waals surface area contributed by atoms with Gasteiger partial charge in [-0.3, -0.25) is 4.79 Å². The standard InChI is InChI=1S/C15H22N2OS/c1-11(2)14(15(16)19)17-13(18)10-6-9-12-7-4-3-5-8-12/h3-5,7-8,11,14H,6,9-10H2,1-2H3,(H2,16,19)(H,17,18). The summed E-state index contributed by atoms with van der Waals surface area (Å²) in [5, 5.41) is 2.90. The summed E-state index contributed by atoms with van der Waals surface area (Å²) in [6.07, 6.45) is 2.24. The first kappa shape index (κ1) is 15.6. The molecule has 1 aromatic carbocycles. The molecule has 0 heterocycles. The SMILES string of the molecule is CC(C)C(NC(=O)CCCc1ccccc1)C(N)=S. The van der Waals surface area contributed by atoms with Gasteiger partial charge in [0.2, 0.25) is 5.91 Å². The monoisotopic (exact) mass is 278 g/mol. The smallest absolute Gasteiger partial charge is 0.220 e. The van der Waals surface area contributed by atoms with Gasteiger partial charge in [0.15, 0.2) is 0 Å². The fraction of sp³-hybridized carbons (Fsp3) is 0.467. The summed E-state index contributed by atoms with van der Waals surface area (Å²) in [4.78, 5) is 12.2. The molecule has 1 atom stereocenters. The molecule has 0 saturated carbocycles. The highest BCUT2D eigenvalue weighted by molar-refractivity contribution is 7.80. The van der Waals surface area contributed by atoms with E-state index in [9.17, 15) is 4.79 Å². The quantitative estimate of drug-likeness (QED) is 0.753. The summed E-state index contributed by atoms with van der Waals surface area (Å²) in [6.45, 7) is 3.99. The number of thiocarbonyl (C=S) groups is 1. The Morgan fingerprint density at radius 1 is 1.32 bits per heavy atom. The molecule has 0 aliphatic heterocycles. The highest BCUT2D eigenvalue weighted by Gasteiger charge is 2.18. The van der Waals surface area contributed by atoms with Gasteiger partial charge < -0.3 is 11.1 Å². The lowest BCUT2D eigenvalue weighted by molar-refractivity contribution is -0.121. The molecule has 0 radical (unpaired) electrons. The van der Waals surface area contributed by atoms with Crippen molar-refractivity contribution in [1.29, 1.82) is 0 Å². The Balaban J connectivity index is 2.33. The van der Waals surface area contributed by atoms with Crippen molar-refractivity contribution >= 4 is 23.1 Å². The zero-order valence-electron chi connectivity index (χ0n) is 11.6. The fourth-order valence-electron chi connectivity index (χ4n) is 1.91. The highest BCUT2D eigenvalue weighted by atomic mass is 32.1. The fourth-order valence-corrected chi connectivity index (χ4v) is 2.24. The molecular weight excluding hydrogens is 256 g/mol. The van der Waals surface area contributed by atoms with E-state index in [1.807, 2.05) is 32.0 Å². The molecule has 3 N–H and O–H groups in total. The van der Waals surface area contributed by atoms with Crippen molar-refractivity contribution in [2.45, 2.75) is 39.2 Å². The van der Waals surface area contributed by atoms with Crippen LogP contribution in [0.1, 0.15) is 32.3 Å². The molecule has 4 heteroatoms. The summed E-state index contributed by atoms with van der Waals surface area (Å²) >= 11 is 4.96. The van der Waals surface area contributed by atoms with E-state index < -0.39 is 0 Å². The van der Waals surface area contributed by atoms with Crippen LogP contribution in [-0.2, 0) is 11.2 Å². The molecule has 1 amide bonds. The predicted octanol–water partition coefficient (Wildman–Crippen LogP) is 2.44. The molecular formula is C15H22N2OS. The van der Waals surface area contributed by atoms with Crippen molar-refractivity contribution in [3.63, 3.8) is 0 Å². The van der Waals surface area contributed by atoms with Crippen molar-refractivity contribution in [3.05, 3.63) is 35.9 Å². The number of carbonyl (C=O) groups is 1. The first-order valence-electron chi connectivity index (χ1n) is 6.63. The summed E-state index contributed by atoms with van der Waals surface area (Å²) in [6, 6.07) is 9.95. The molecule has 0 spiro atoms. The second kappa shape index (κ2) is 7.89. The van der Waals surface area contributed by atoms with Crippen molar-refractivity contribution in [2.24, 2.45) is 11.7 Å². The second-order valence-corrected chi connectivity index (χ2v) is 5.50. The van der Waals surface area contributed by atoms with Gasteiger partial charge in [0.25, 0.3) is 0 Å². The number of amides is 1. The van der Waals surface area contributed by atoms with Crippen LogP contribution in [0, 0.1) is 5.92 Å². The van der Waals surface area contributed by atoms with E-state index in [1.165, 1.54) is 5.56 Å². The number of rotatable bonds is 7. The van der Waals surface area contributed by atoms with Crippen LogP contribution in [0.25, 0.3) is 0 Å². The van der Waals surface area contributed by atoms with Crippen molar-refractivity contribution in [2.75, 3.05) is 0 Å². The molecule has 0 aliphatic carbocycles. The van der Waals surface area contributed by atoms with Crippen molar-refractivity contribution < 1.29 is 4.79 Å². The molecule has 3 nitrogen and oxygen atoms in total. The number of hydrogen-bond acceptors (Lipinski definition) is 2. The summed E-state index contributed by atoms with van der Waals surface area (Å²) in [5.41, 5.74) is 6.88. The lowest BCUT2D eigenvalue weighted by Gasteiger charge is -2.20. The normalized spacial score (nSPS) is 12.2. The van der Waals surface area contributed by atoms with Crippen molar-refractivity contribution in [3.8, 4) is 0 Å². The molecule has 1 aromatic rings. The van der Waals surface area contributed by atoms with Gasteiger partial charge in [-0.05, 0) is 24.3 Å². The zero-order chi connectivity index (χ0) is 14.3. The minimum Gasteiger partial charge on any atom is -0.392 e. The number of nitrogens with two attached hydrogens (primary N) is 1. The second-order valence-electron chi connectivity index (χ2n) is 5.03. The lowest BCUT2D eigenvalue weighted by atomic mass is 10.0. The van der Waals surface area contributed by atoms with Gasteiger partial charge in [0, 0.05) is 6.42 Å². The van der Waals surface area contributed by atoms with E-state index in [4.69, 9.17) is 18.0 Å². The Bertz CT molecular complexity index is 417. The summed E-state index contributed by atoms with van der Waals surface area (Å²) < 4.78 is 0. The van der Waals surface area contributed by atoms with Crippen LogP contribution in [-0.4, -0.2) is 16.9 Å². The maximum atomic E-state index is 11.8. The van der Waals surface area contributed by atoms with E-state index in [1.54, 1.807) is 0 Å². The molecule has 0 saturated heterocycles. The Kier molecular flexibility index (Phi) is 6.50. The van der Waals surface area contributed by atoms with E-state index in [2.05, 4.69) is 17.4 Å². The molecule has 1 unspecified atom stereocenters. The van der Waals surface area contributed by atoms with E-state index in [0.29, 0.717) is 11.4 Å². The molecule has 104 valence electrons. The van der Waals surface area contributed by atoms with Crippen molar-refractivity contribution in [1.82, 2.24) is 5.32 Å². The predicted molar refractivity (Wildman–Crippen MR) is 82.9 cm³/mol. The summed E-state index contributed by atoms with van der Waals surface area (Å²) in [5.74, 6) is 0.234. The number of nitrogens with one attached hydrogen (secondary N) is 1. The van der Waals surface area contributed by atoms with Gasteiger partial charge in [-0.25, -0.2) is 0 Å². The topological polar surface area (TPSA) is 55.1 Å². The first-order chi connectivity index (χ1) is 9.00. The average molecular weight is 278 g/mol. The number of hydrogen-bond donors (Lipinski definition) is 2. The molecule has 1 rings (SSSR count). The third kappa shape index (κ3) is 5.83. The van der Waals surface area contributed by atoms with E-state index in [0.717, 1.165) is 12.8 Å². The molecule has 0 aliphatic rings. The van der Waals surface area contributed by atoms with Gasteiger partial charge in [-0.2, -0.15) is 0 Å². The lowest BCUT2D eigenvalue weighted by Crippen LogP contribution is -2.46. The van der Waals surface area contributed by atoms with Crippen LogP contribution >= 0.6 is 12.2 Å². The van der Waals surface area contributed by atoms with Crippen LogP contribution in [0.5, 0.6) is 0 Å². The van der Waals surface area contributed by atoms with Crippen LogP contribution in [0.2, 0.25) is 0 Å². The molecule has 0 aromatic heterocycles. The number of carbonyl (C=O) groups excluding carboxylic acids is 1. The molecule has 19 heavy (non-hydrogen) atoms. The largest absolute Gasteiger partial charge is 0.392 e. The first-order valence-corrected chi connectivity index (χ1v) is 7.04. The van der Waals surface area contributed by atoms with E-state index >= 15 is 0 Å². The van der Waals surface area contributed by atoms with Crippen LogP contribution in [0.15, 0.2) is 30.3 Å². The minimum atomic E-state index is -0.209. The van der Waals surface area contributed by atoms with Crippen LogP contribution in [0.3, 0.4) is 0 Å². The third-order valence-corrected chi connectivity index (χ3v) is 3.26. The Morgan fingerprint density at radius 2 is 1.95 bits per heavy atom. The van der Waals surface area contributed by atoms with Gasteiger partial charge in [0.05, 0.1) is 11.0 Å². The summed E-state index contributed by atoms with van der Waals surface area (Å²) in [7, 11) is 0. The number of aryl methyl sites for hydroxylation is 1. The van der Waals surface area contributed by atoms with Gasteiger partial charge >= 0.3 is 0 Å². The minimum absolute atomic E-state index is 0.0161. The van der Waals surface area contributed by atoms with Crippen LogP contribution < -0.4 is 11.1 Å². The number of benzene rings is 1. The zero-order valence-corrected chi connectivity index (χ0v) is 12.4. The molecule has 0 fully saturated rings. The van der Waals surface area contributed by atoms with Gasteiger partial charge in [0.1, 0.15) is 0 Å². The Hall–Kier alpha value is -1.42. The maximum Gasteiger partial charge on any atom is 0.220 e. The Labute approximate surface area is 120 Å². The van der Waals surface area contributed by atoms with E-state index in [-0.39, 0.29) is 17.9 Å². The molecule has 0 bridgehead atoms.